The molecule has 1 unspecified atom stereocenters. The van der Waals surface area contributed by atoms with Crippen LogP contribution >= 0.6 is 7.92 Å². The first kappa shape index (κ1) is 21.3. The van der Waals surface area contributed by atoms with E-state index in [1.807, 2.05) is 20.8 Å². The Balaban J connectivity index is 2.35. The van der Waals surface area contributed by atoms with Crippen molar-refractivity contribution in [2.45, 2.75) is 52.3 Å². The van der Waals surface area contributed by atoms with Gasteiger partial charge in [-0.25, -0.2) is 8.93 Å². The fourth-order valence-electron chi connectivity index (χ4n) is 2.55. The highest BCUT2D eigenvalue weighted by Gasteiger charge is 2.32. The summed E-state index contributed by atoms with van der Waals surface area (Å²) in [6, 6.07) is 21.6. The van der Waals surface area contributed by atoms with Crippen LogP contribution in [0, 0.1) is 5.41 Å². The maximum absolute atomic E-state index is 12.8. The molecule has 0 aliphatic rings. The molecule has 0 spiro atoms. The van der Waals surface area contributed by atoms with Crippen molar-refractivity contribution in [1.29, 1.82) is 0 Å². The van der Waals surface area contributed by atoms with Crippen molar-refractivity contribution in [3.05, 3.63) is 60.7 Å². The topological polar surface area (TPSA) is 29.1 Å². The van der Waals surface area contributed by atoms with Crippen LogP contribution in [0.15, 0.2) is 60.7 Å². The molecule has 0 aromatic heterocycles. The second-order valence-electron chi connectivity index (χ2n) is 8.70. The van der Waals surface area contributed by atoms with Gasteiger partial charge >= 0.3 is 0 Å². The quantitative estimate of drug-likeness (QED) is 0.720. The number of rotatable bonds is 6. The van der Waals surface area contributed by atoms with Gasteiger partial charge in [0.2, 0.25) is 0 Å². The zero-order chi connectivity index (χ0) is 19.4. The molecule has 26 heavy (non-hydrogen) atoms. The maximum atomic E-state index is 12.8. The van der Waals surface area contributed by atoms with Gasteiger partial charge < -0.3 is 0 Å². The molecule has 0 aliphatic heterocycles. The van der Waals surface area contributed by atoms with Crippen LogP contribution < -0.4 is 15.3 Å². The van der Waals surface area contributed by atoms with Crippen LogP contribution in [0.4, 0.5) is 0 Å². The molecule has 0 heterocycles. The van der Waals surface area contributed by atoms with Gasteiger partial charge in [0.25, 0.3) is 0 Å². The number of nitrogens with one attached hydrogen (secondary N) is 1. The van der Waals surface area contributed by atoms with Crippen molar-refractivity contribution in [2.75, 3.05) is 6.16 Å². The van der Waals surface area contributed by atoms with Gasteiger partial charge in [-0.3, -0.25) is 0 Å². The van der Waals surface area contributed by atoms with Gasteiger partial charge in [0.1, 0.15) is 0 Å². The molecule has 0 radical (unpaired) electrons. The molecule has 2 nitrogen and oxygen atoms in total. The summed E-state index contributed by atoms with van der Waals surface area (Å²) in [7, 11) is -1.60. The summed E-state index contributed by atoms with van der Waals surface area (Å²) >= 11 is 0. The van der Waals surface area contributed by atoms with E-state index < -0.39 is 18.9 Å². The molecule has 2 aromatic carbocycles. The Hall–Kier alpha value is -1.02. The van der Waals surface area contributed by atoms with E-state index in [0.29, 0.717) is 0 Å². The predicted molar refractivity (Wildman–Crippen MR) is 118 cm³/mol. The van der Waals surface area contributed by atoms with Gasteiger partial charge in [0.15, 0.2) is 0 Å². The van der Waals surface area contributed by atoms with Crippen molar-refractivity contribution in [3.63, 3.8) is 0 Å². The molecule has 0 bridgehead atoms. The molecule has 2 atom stereocenters. The zero-order valence-corrected chi connectivity index (χ0v) is 18.5. The van der Waals surface area contributed by atoms with Crippen LogP contribution in [-0.4, -0.2) is 21.2 Å². The van der Waals surface area contributed by atoms with Crippen LogP contribution in [0.5, 0.6) is 0 Å². The molecule has 2 rings (SSSR count). The molecule has 4 heteroatoms. The average molecular weight is 390 g/mol. The minimum atomic E-state index is -1.08. The minimum Gasteiger partial charge on any atom is -0.242 e. The normalized spacial score (nSPS) is 15.0. The third kappa shape index (κ3) is 6.01. The zero-order valence-electron chi connectivity index (χ0n) is 16.8. The summed E-state index contributed by atoms with van der Waals surface area (Å²) in [5.74, 6) is 0. The lowest BCUT2D eigenvalue weighted by Gasteiger charge is -2.36. The Bertz CT molecular complexity index is 665. The molecule has 0 saturated heterocycles. The third-order valence-electron chi connectivity index (χ3n) is 4.35. The van der Waals surface area contributed by atoms with Crippen LogP contribution in [-0.2, 0) is 11.0 Å². The first-order chi connectivity index (χ1) is 12.1. The van der Waals surface area contributed by atoms with E-state index in [4.69, 9.17) is 0 Å². The summed E-state index contributed by atoms with van der Waals surface area (Å²) in [6.07, 6.45) is 0.967. The van der Waals surface area contributed by atoms with E-state index in [0.717, 1.165) is 6.16 Å². The van der Waals surface area contributed by atoms with Gasteiger partial charge in [-0.1, -0.05) is 81.4 Å². The monoisotopic (exact) mass is 389 g/mol. The molecular weight excluding hydrogens is 357 g/mol. The molecule has 0 aliphatic carbocycles. The Morgan fingerprint density at radius 2 is 1.27 bits per heavy atom. The van der Waals surface area contributed by atoms with Crippen molar-refractivity contribution in [1.82, 2.24) is 4.72 Å². The predicted octanol–water partition coefficient (Wildman–Crippen LogP) is 4.59. The van der Waals surface area contributed by atoms with E-state index in [-0.39, 0.29) is 16.2 Å². The molecular formula is C22H32NOPS. The Kier molecular flexibility index (Phi) is 7.19. The second-order valence-corrected chi connectivity index (χ2v) is 13.0. The van der Waals surface area contributed by atoms with E-state index in [2.05, 4.69) is 86.2 Å². The van der Waals surface area contributed by atoms with Crippen LogP contribution in [0.1, 0.15) is 41.5 Å². The molecule has 142 valence electrons. The third-order valence-corrected chi connectivity index (χ3v) is 8.54. The van der Waals surface area contributed by atoms with Gasteiger partial charge in [-0.05, 0) is 50.9 Å². The molecule has 0 fully saturated rings. The molecule has 0 saturated carbocycles. The minimum absolute atomic E-state index is 0.0189. The average Bonchev–Trinajstić information content (AvgIpc) is 2.58. The van der Waals surface area contributed by atoms with E-state index >= 15 is 0 Å². The summed E-state index contributed by atoms with van der Waals surface area (Å²) in [5.41, 5.74) is 0.0189. The lowest BCUT2D eigenvalue weighted by molar-refractivity contribution is 0.324. The summed E-state index contributed by atoms with van der Waals surface area (Å²) in [5, 5.41) is 2.73. The Morgan fingerprint density at radius 3 is 1.62 bits per heavy atom. The van der Waals surface area contributed by atoms with Crippen molar-refractivity contribution in [3.8, 4) is 0 Å². The first-order valence-electron chi connectivity index (χ1n) is 9.15. The second kappa shape index (κ2) is 8.78. The number of benzene rings is 2. The largest absolute Gasteiger partial charge is 0.242 e. The summed E-state index contributed by atoms with van der Waals surface area (Å²) in [4.78, 5) is 0. The molecule has 0 amide bonds. The molecule has 1 N–H and O–H groups in total. The van der Waals surface area contributed by atoms with Crippen LogP contribution in [0.25, 0.3) is 0 Å². The fourth-order valence-corrected chi connectivity index (χ4v) is 6.51. The number of hydrogen-bond acceptors (Lipinski definition) is 1. The SMILES string of the molecule is CC(C)(C)[C@@H](CP(c1ccccc1)c1ccccc1)NS(=O)C(C)(C)C. The number of hydrogen-bond donors (Lipinski definition) is 1. The summed E-state index contributed by atoms with van der Waals surface area (Å²) < 4.78 is 16.0. The van der Waals surface area contributed by atoms with E-state index in [9.17, 15) is 4.21 Å². The Morgan fingerprint density at radius 1 is 0.846 bits per heavy atom. The lowest BCUT2D eigenvalue weighted by atomic mass is 9.89. The highest BCUT2D eigenvalue weighted by molar-refractivity contribution is 7.84. The van der Waals surface area contributed by atoms with Crippen molar-refractivity contribution < 1.29 is 4.21 Å². The van der Waals surface area contributed by atoms with Crippen molar-refractivity contribution >= 4 is 29.5 Å². The Labute approximate surface area is 163 Å². The smallest absolute Gasteiger partial charge is 0.0973 e. The maximum Gasteiger partial charge on any atom is 0.0973 e. The van der Waals surface area contributed by atoms with Crippen molar-refractivity contribution in [2.24, 2.45) is 5.41 Å². The van der Waals surface area contributed by atoms with Crippen LogP contribution in [0.2, 0.25) is 0 Å². The first-order valence-corrected chi connectivity index (χ1v) is 11.8. The van der Waals surface area contributed by atoms with E-state index in [1.54, 1.807) is 0 Å². The van der Waals surface area contributed by atoms with Crippen LogP contribution in [0.3, 0.4) is 0 Å². The standard InChI is InChI=1S/C22H32NOPS/c1-21(2,3)20(23-26(24)22(4,5)6)17-25(18-13-9-7-10-14-18)19-15-11-8-12-16-19/h7-16,20,23H,17H2,1-6H3/t20-,26?/m1/s1. The highest BCUT2D eigenvalue weighted by atomic mass is 32.2. The van der Waals surface area contributed by atoms with Gasteiger partial charge in [-0.2, -0.15) is 0 Å². The highest BCUT2D eigenvalue weighted by Crippen LogP contribution is 2.38. The van der Waals surface area contributed by atoms with Gasteiger partial charge in [0.05, 0.1) is 15.7 Å². The fraction of sp³-hybridized carbons (Fsp3) is 0.455. The van der Waals surface area contributed by atoms with Gasteiger partial charge in [0, 0.05) is 6.04 Å². The lowest BCUT2D eigenvalue weighted by Crippen LogP contribution is -2.48. The van der Waals surface area contributed by atoms with E-state index in [1.165, 1.54) is 10.6 Å². The summed E-state index contributed by atoms with van der Waals surface area (Å²) in [6.45, 7) is 12.8. The molecule has 2 aromatic rings. The van der Waals surface area contributed by atoms with Gasteiger partial charge in [-0.15, -0.1) is 0 Å².